The van der Waals surface area contributed by atoms with Crippen LogP contribution in [0.3, 0.4) is 0 Å². The third-order valence-electron chi connectivity index (χ3n) is 3.95. The smallest absolute Gasteiger partial charge is 0.243 e. The van der Waals surface area contributed by atoms with Crippen molar-refractivity contribution < 1.29 is 13.2 Å². The second-order valence-corrected chi connectivity index (χ2v) is 8.84. The van der Waals surface area contributed by atoms with Crippen LogP contribution < -0.4 is 10.6 Å². The van der Waals surface area contributed by atoms with Gasteiger partial charge in [-0.15, -0.1) is 12.4 Å². The van der Waals surface area contributed by atoms with Crippen LogP contribution in [0.25, 0.3) is 0 Å². The van der Waals surface area contributed by atoms with E-state index in [1.807, 2.05) is 6.26 Å². The summed E-state index contributed by atoms with van der Waals surface area (Å²) in [4.78, 5) is 14.4. The maximum absolute atomic E-state index is 12.5. The van der Waals surface area contributed by atoms with Crippen molar-refractivity contribution in [2.24, 2.45) is 5.73 Å². The fourth-order valence-electron chi connectivity index (χ4n) is 2.53. The van der Waals surface area contributed by atoms with Crippen LogP contribution in [0.5, 0.6) is 0 Å². The number of benzene rings is 1. The van der Waals surface area contributed by atoms with Gasteiger partial charge < -0.3 is 10.6 Å². The number of fused-ring (bicyclic) bond motifs is 1. The summed E-state index contributed by atoms with van der Waals surface area (Å²) in [7, 11) is -0.541. The molecule has 136 valence electrons. The summed E-state index contributed by atoms with van der Waals surface area (Å²) in [6.45, 7) is 0.548. The molecule has 24 heavy (non-hydrogen) atoms. The number of hydrogen-bond acceptors (Lipinski definition) is 5. The first-order valence-corrected chi connectivity index (χ1v) is 10.2. The van der Waals surface area contributed by atoms with E-state index in [1.165, 1.54) is 18.4 Å². The van der Waals surface area contributed by atoms with Gasteiger partial charge in [0.25, 0.3) is 0 Å². The summed E-state index contributed by atoms with van der Waals surface area (Å²) < 4.78 is 25.7. The molecular formula is C15H24ClN3O3S2. The maximum atomic E-state index is 12.5. The van der Waals surface area contributed by atoms with E-state index in [0.717, 1.165) is 17.7 Å². The first-order valence-electron chi connectivity index (χ1n) is 7.40. The number of anilines is 1. The van der Waals surface area contributed by atoms with Gasteiger partial charge in [0.1, 0.15) is 0 Å². The lowest BCUT2D eigenvalue weighted by atomic mass is 10.1. The lowest BCUT2D eigenvalue weighted by Gasteiger charge is -2.22. The molecule has 2 N–H and O–H groups in total. The number of sulfonamides is 1. The zero-order valence-corrected chi connectivity index (χ0v) is 16.5. The molecule has 6 nitrogen and oxygen atoms in total. The van der Waals surface area contributed by atoms with Gasteiger partial charge in [0.05, 0.1) is 10.9 Å². The molecule has 2 rings (SSSR count). The third kappa shape index (κ3) is 4.23. The van der Waals surface area contributed by atoms with Crippen LogP contribution >= 0.6 is 24.2 Å². The Bertz CT molecular complexity index is 695. The molecule has 1 heterocycles. The highest BCUT2D eigenvalue weighted by Crippen LogP contribution is 2.31. The fraction of sp³-hybridized carbons (Fsp3) is 0.533. The second-order valence-electron chi connectivity index (χ2n) is 5.71. The van der Waals surface area contributed by atoms with E-state index < -0.39 is 16.1 Å². The molecule has 9 heteroatoms. The largest absolute Gasteiger partial charge is 0.320 e. The van der Waals surface area contributed by atoms with Crippen molar-refractivity contribution >= 4 is 45.8 Å². The Kier molecular flexibility index (Phi) is 7.55. The van der Waals surface area contributed by atoms with Crippen LogP contribution in [0.15, 0.2) is 23.1 Å². The van der Waals surface area contributed by atoms with Crippen molar-refractivity contribution in [3.63, 3.8) is 0 Å². The number of hydrogen-bond donors (Lipinski definition) is 1. The van der Waals surface area contributed by atoms with Gasteiger partial charge in [-0.3, -0.25) is 4.79 Å². The number of halogens is 1. The van der Waals surface area contributed by atoms with Crippen molar-refractivity contribution in [3.05, 3.63) is 23.8 Å². The van der Waals surface area contributed by atoms with Gasteiger partial charge in [0.2, 0.25) is 15.9 Å². The highest BCUT2D eigenvalue weighted by atomic mass is 35.5. The Morgan fingerprint density at radius 3 is 2.67 bits per heavy atom. The van der Waals surface area contributed by atoms with Gasteiger partial charge in [0, 0.05) is 26.3 Å². The molecular weight excluding hydrogens is 370 g/mol. The zero-order chi connectivity index (χ0) is 17.2. The minimum atomic E-state index is -3.52. The lowest BCUT2D eigenvalue weighted by Crippen LogP contribution is -2.43. The summed E-state index contributed by atoms with van der Waals surface area (Å²) in [6.07, 6.45) is 3.31. The van der Waals surface area contributed by atoms with E-state index in [2.05, 4.69) is 0 Å². The highest BCUT2D eigenvalue weighted by Gasteiger charge is 2.30. The van der Waals surface area contributed by atoms with Gasteiger partial charge in [-0.2, -0.15) is 11.8 Å². The molecule has 0 spiro atoms. The van der Waals surface area contributed by atoms with E-state index in [1.54, 1.807) is 34.9 Å². The number of carbonyl (C=O) groups excluding carboxylic acids is 1. The highest BCUT2D eigenvalue weighted by molar-refractivity contribution is 7.98. The Hall–Kier alpha value is -0.800. The van der Waals surface area contributed by atoms with Gasteiger partial charge in [-0.1, -0.05) is 6.07 Å². The van der Waals surface area contributed by atoms with Crippen LogP contribution in [0.2, 0.25) is 0 Å². The molecule has 1 aliphatic rings. The van der Waals surface area contributed by atoms with E-state index in [-0.39, 0.29) is 23.2 Å². The Morgan fingerprint density at radius 2 is 2.08 bits per heavy atom. The maximum Gasteiger partial charge on any atom is 0.243 e. The third-order valence-corrected chi connectivity index (χ3v) is 6.40. The Morgan fingerprint density at radius 1 is 1.42 bits per heavy atom. The van der Waals surface area contributed by atoms with Gasteiger partial charge >= 0.3 is 0 Å². The van der Waals surface area contributed by atoms with Crippen molar-refractivity contribution in [2.75, 3.05) is 37.5 Å². The predicted octanol–water partition coefficient (Wildman–Crippen LogP) is 1.33. The molecule has 0 unspecified atom stereocenters. The van der Waals surface area contributed by atoms with Crippen molar-refractivity contribution in [2.45, 2.75) is 23.8 Å². The number of rotatable bonds is 6. The van der Waals surface area contributed by atoms with Crippen LogP contribution in [-0.4, -0.2) is 57.3 Å². The van der Waals surface area contributed by atoms with Crippen molar-refractivity contribution in [1.82, 2.24) is 4.31 Å². The standard InChI is InChI=1S/C15H23N3O3S2.ClH/c1-17(2)23(20,21)12-5-4-11-6-8-18(14(11)10-12)15(19)13(16)7-9-22-3;/h4-5,10,13H,6-9,16H2,1-3H3;1H/t13-;/m0./s1. The number of thioether (sulfide) groups is 1. The predicted molar refractivity (Wildman–Crippen MR) is 102 cm³/mol. The molecule has 1 aromatic rings. The Labute approximate surface area is 154 Å². The van der Waals surface area contributed by atoms with Crippen LogP contribution in [-0.2, 0) is 21.2 Å². The molecule has 0 saturated heterocycles. The number of amides is 1. The number of nitrogens with two attached hydrogens (primary N) is 1. The van der Waals surface area contributed by atoms with E-state index in [4.69, 9.17) is 5.73 Å². The topological polar surface area (TPSA) is 83.7 Å². The monoisotopic (exact) mass is 393 g/mol. The summed E-state index contributed by atoms with van der Waals surface area (Å²) in [5.41, 5.74) is 7.63. The molecule has 0 bridgehead atoms. The summed E-state index contributed by atoms with van der Waals surface area (Å²) in [5, 5.41) is 0. The van der Waals surface area contributed by atoms with E-state index in [9.17, 15) is 13.2 Å². The molecule has 1 amide bonds. The fourth-order valence-corrected chi connectivity index (χ4v) is 3.94. The summed E-state index contributed by atoms with van der Waals surface area (Å²) in [6, 6.07) is 4.40. The zero-order valence-electron chi connectivity index (χ0n) is 14.1. The van der Waals surface area contributed by atoms with Crippen molar-refractivity contribution in [1.29, 1.82) is 0 Å². The van der Waals surface area contributed by atoms with Gasteiger partial charge in [0.15, 0.2) is 0 Å². The minimum absolute atomic E-state index is 0. The Balaban J connectivity index is 0.00000288. The van der Waals surface area contributed by atoms with E-state index >= 15 is 0 Å². The van der Waals surface area contributed by atoms with Crippen molar-refractivity contribution in [3.8, 4) is 0 Å². The lowest BCUT2D eigenvalue weighted by molar-refractivity contribution is -0.119. The van der Waals surface area contributed by atoms with E-state index in [0.29, 0.717) is 18.7 Å². The van der Waals surface area contributed by atoms with Gasteiger partial charge in [-0.25, -0.2) is 12.7 Å². The molecule has 0 fully saturated rings. The van der Waals surface area contributed by atoms with Gasteiger partial charge in [-0.05, 0) is 42.5 Å². The summed E-state index contributed by atoms with van der Waals surface area (Å²) in [5.74, 6) is 0.681. The van der Waals surface area contributed by atoms with Crippen LogP contribution in [0.1, 0.15) is 12.0 Å². The molecule has 0 aliphatic carbocycles. The molecule has 1 aromatic carbocycles. The second kappa shape index (κ2) is 8.53. The molecule has 1 atom stereocenters. The molecule has 0 saturated carbocycles. The quantitative estimate of drug-likeness (QED) is 0.788. The van der Waals surface area contributed by atoms with Crippen LogP contribution in [0.4, 0.5) is 5.69 Å². The number of nitrogens with zero attached hydrogens (tertiary/aromatic N) is 2. The molecule has 0 radical (unpaired) electrons. The average molecular weight is 394 g/mol. The summed E-state index contributed by atoms with van der Waals surface area (Å²) >= 11 is 1.65. The number of carbonyl (C=O) groups is 1. The minimum Gasteiger partial charge on any atom is -0.320 e. The average Bonchev–Trinajstić information content (AvgIpc) is 2.94. The van der Waals surface area contributed by atoms with Crippen LogP contribution in [0, 0.1) is 0 Å². The first kappa shape index (κ1) is 21.2. The SMILES string of the molecule is CSCC[C@H](N)C(=O)N1CCc2ccc(S(=O)(=O)N(C)C)cc21.Cl. The first-order chi connectivity index (χ1) is 10.8. The normalized spacial score (nSPS) is 15.1. The molecule has 1 aliphatic heterocycles. The molecule has 0 aromatic heterocycles.